The van der Waals surface area contributed by atoms with Gasteiger partial charge in [-0.25, -0.2) is 17.2 Å². The number of ether oxygens (including phenoxy) is 1. The molecule has 9 heteroatoms. The summed E-state index contributed by atoms with van der Waals surface area (Å²) >= 11 is 0. The number of aliphatic hydroxyl groups excluding tert-OH is 1. The Balaban J connectivity index is 2.16. The number of aliphatic hydroxyl groups is 1. The van der Waals surface area contributed by atoms with E-state index in [1.54, 1.807) is 43.1 Å². The monoisotopic (exact) mass is 484 g/mol. The lowest BCUT2D eigenvalue weighted by Gasteiger charge is -2.34. The average Bonchev–Trinajstić information content (AvgIpc) is 2.77. The van der Waals surface area contributed by atoms with Crippen molar-refractivity contribution in [3.63, 3.8) is 0 Å². The third-order valence-electron chi connectivity index (χ3n) is 5.73. The van der Waals surface area contributed by atoms with Crippen molar-refractivity contribution in [2.24, 2.45) is 5.92 Å². The highest BCUT2D eigenvalue weighted by Gasteiger charge is 2.32. The van der Waals surface area contributed by atoms with E-state index in [1.165, 1.54) is 11.4 Å². The fraction of sp³-hybridized carbons (Fsp3) is 0.500. The van der Waals surface area contributed by atoms with Gasteiger partial charge in [-0.1, -0.05) is 24.6 Å². The summed E-state index contributed by atoms with van der Waals surface area (Å²) in [5, 5.41) is 9.71. The van der Waals surface area contributed by atoms with Crippen LogP contribution in [0.25, 0.3) is 0 Å². The molecule has 1 N–H and O–H groups in total. The summed E-state index contributed by atoms with van der Waals surface area (Å²) in [6.07, 6.45) is -0.381. The van der Waals surface area contributed by atoms with Crippen molar-refractivity contribution < 1.29 is 27.0 Å². The lowest BCUT2D eigenvalue weighted by atomic mass is 10.0. The molecule has 0 saturated heterocycles. The smallest absolute Gasteiger partial charge is 0.243 e. The molecule has 0 bridgehead atoms. The standard InChI is InChI=1S/C24H34F2N2O4S/c1-17-6-9-22(10-7-17)33(30,31)28(19(3)16-29)13-18(2)24(32-5)15-27(4)14-20-12-21(25)8-11-23(20)26/h6-12,18-19,24,29H,13-16H2,1-5H3/t18-,19-,24-/m1/s1. The Bertz CT molecular complexity index is 1000. The van der Waals surface area contributed by atoms with Gasteiger partial charge < -0.3 is 9.84 Å². The van der Waals surface area contributed by atoms with Crippen LogP contribution in [0.4, 0.5) is 8.78 Å². The van der Waals surface area contributed by atoms with E-state index < -0.39 is 27.7 Å². The molecule has 0 heterocycles. The lowest BCUT2D eigenvalue weighted by molar-refractivity contribution is 0.0219. The van der Waals surface area contributed by atoms with Crippen LogP contribution < -0.4 is 0 Å². The number of nitrogens with zero attached hydrogens (tertiary/aromatic N) is 2. The molecule has 6 nitrogen and oxygen atoms in total. The van der Waals surface area contributed by atoms with Gasteiger partial charge in [0.1, 0.15) is 11.6 Å². The van der Waals surface area contributed by atoms with Gasteiger partial charge in [-0.15, -0.1) is 0 Å². The fourth-order valence-corrected chi connectivity index (χ4v) is 5.39. The second-order valence-electron chi connectivity index (χ2n) is 8.60. The van der Waals surface area contributed by atoms with E-state index in [2.05, 4.69) is 0 Å². The molecule has 0 fully saturated rings. The third-order valence-corrected chi connectivity index (χ3v) is 7.72. The van der Waals surface area contributed by atoms with Crippen LogP contribution in [-0.2, 0) is 21.3 Å². The first-order chi connectivity index (χ1) is 15.5. The summed E-state index contributed by atoms with van der Waals surface area (Å²) in [5.74, 6) is -1.24. The minimum Gasteiger partial charge on any atom is -0.395 e. The van der Waals surface area contributed by atoms with Crippen molar-refractivity contribution in [2.45, 2.75) is 44.4 Å². The van der Waals surface area contributed by atoms with Gasteiger partial charge in [-0.2, -0.15) is 4.31 Å². The zero-order chi connectivity index (χ0) is 24.8. The number of hydrogen-bond acceptors (Lipinski definition) is 5. The molecule has 33 heavy (non-hydrogen) atoms. The van der Waals surface area contributed by atoms with Crippen LogP contribution in [0.3, 0.4) is 0 Å². The van der Waals surface area contributed by atoms with Crippen molar-refractivity contribution in [1.29, 1.82) is 0 Å². The molecule has 3 atom stereocenters. The van der Waals surface area contributed by atoms with Crippen molar-refractivity contribution in [3.05, 3.63) is 65.2 Å². The molecular weight excluding hydrogens is 450 g/mol. The minimum atomic E-state index is -3.84. The number of sulfonamides is 1. The van der Waals surface area contributed by atoms with Gasteiger partial charge in [0.2, 0.25) is 10.0 Å². The maximum atomic E-state index is 14.0. The summed E-state index contributed by atoms with van der Waals surface area (Å²) in [5.41, 5.74) is 1.18. The highest BCUT2D eigenvalue weighted by atomic mass is 32.2. The zero-order valence-electron chi connectivity index (χ0n) is 19.8. The summed E-state index contributed by atoms with van der Waals surface area (Å²) < 4.78 is 61.0. The molecule has 0 aliphatic rings. The third kappa shape index (κ3) is 7.28. The van der Waals surface area contributed by atoms with E-state index in [0.717, 1.165) is 23.8 Å². The lowest BCUT2D eigenvalue weighted by Crippen LogP contribution is -2.46. The second-order valence-corrected chi connectivity index (χ2v) is 10.5. The maximum absolute atomic E-state index is 14.0. The van der Waals surface area contributed by atoms with Gasteiger partial charge >= 0.3 is 0 Å². The Morgan fingerprint density at radius 2 is 1.70 bits per heavy atom. The van der Waals surface area contributed by atoms with Crippen LogP contribution in [0.2, 0.25) is 0 Å². The normalized spacial score (nSPS) is 15.1. The van der Waals surface area contributed by atoms with E-state index in [1.807, 2.05) is 13.8 Å². The van der Waals surface area contributed by atoms with Crippen molar-refractivity contribution in [2.75, 3.05) is 33.9 Å². The van der Waals surface area contributed by atoms with Gasteiger partial charge in [0.25, 0.3) is 0 Å². The van der Waals surface area contributed by atoms with Crippen LogP contribution in [0.1, 0.15) is 25.0 Å². The Labute approximate surface area is 195 Å². The second kappa shape index (κ2) is 12.0. The van der Waals surface area contributed by atoms with Gasteiger partial charge in [0.05, 0.1) is 17.6 Å². The van der Waals surface area contributed by atoms with Crippen molar-refractivity contribution in [1.82, 2.24) is 9.21 Å². The van der Waals surface area contributed by atoms with Gasteiger partial charge in [0, 0.05) is 38.3 Å². The predicted octanol–water partition coefficient (Wildman–Crippen LogP) is 3.43. The molecule has 2 aromatic carbocycles. The first kappa shape index (κ1) is 27.3. The Hall–Kier alpha value is -1.91. The van der Waals surface area contributed by atoms with Crippen LogP contribution in [-0.4, -0.2) is 68.7 Å². The Kier molecular flexibility index (Phi) is 9.93. The SMILES string of the molecule is CO[C@H](CN(C)Cc1cc(F)ccc1F)[C@H](C)CN([C@H](C)CO)S(=O)(=O)c1ccc(C)cc1. The fourth-order valence-electron chi connectivity index (χ4n) is 3.67. The van der Waals surface area contributed by atoms with Crippen LogP contribution in [0, 0.1) is 24.5 Å². The Morgan fingerprint density at radius 3 is 2.27 bits per heavy atom. The number of methoxy groups -OCH3 is 1. The number of benzene rings is 2. The molecular formula is C24H34F2N2O4S. The van der Waals surface area contributed by atoms with Gasteiger partial charge in [-0.3, -0.25) is 4.90 Å². The van der Waals surface area contributed by atoms with Crippen LogP contribution in [0.5, 0.6) is 0 Å². The summed E-state index contributed by atoms with van der Waals surface area (Å²) in [6.45, 7) is 5.74. The number of hydrogen-bond donors (Lipinski definition) is 1. The predicted molar refractivity (Wildman–Crippen MR) is 124 cm³/mol. The van der Waals surface area contributed by atoms with Crippen molar-refractivity contribution in [3.8, 4) is 0 Å². The maximum Gasteiger partial charge on any atom is 0.243 e. The Morgan fingerprint density at radius 1 is 1.06 bits per heavy atom. The molecule has 0 amide bonds. The quantitative estimate of drug-likeness (QED) is 0.500. The first-order valence-corrected chi connectivity index (χ1v) is 12.3. The van der Waals surface area contributed by atoms with E-state index in [9.17, 15) is 22.3 Å². The molecule has 0 aliphatic carbocycles. The number of likely N-dealkylation sites (N-methyl/N-ethyl adjacent to an activating group) is 1. The molecule has 0 aromatic heterocycles. The molecule has 0 saturated carbocycles. The highest BCUT2D eigenvalue weighted by Crippen LogP contribution is 2.23. The average molecular weight is 485 g/mol. The summed E-state index contributed by atoms with van der Waals surface area (Å²) in [6, 6.07) is 9.28. The van der Waals surface area contributed by atoms with Gasteiger partial charge in [0.15, 0.2) is 0 Å². The number of rotatable bonds is 12. The van der Waals surface area contributed by atoms with Gasteiger partial charge in [-0.05, 0) is 57.1 Å². The molecule has 0 aliphatic heterocycles. The highest BCUT2D eigenvalue weighted by molar-refractivity contribution is 7.89. The number of halogens is 2. The zero-order valence-corrected chi connectivity index (χ0v) is 20.6. The molecule has 0 unspecified atom stereocenters. The largest absolute Gasteiger partial charge is 0.395 e. The minimum absolute atomic E-state index is 0.124. The molecule has 0 spiro atoms. The van der Waals surface area contributed by atoms with E-state index in [4.69, 9.17) is 4.74 Å². The van der Waals surface area contributed by atoms with E-state index >= 15 is 0 Å². The summed E-state index contributed by atoms with van der Waals surface area (Å²) in [7, 11) is -0.543. The van der Waals surface area contributed by atoms with E-state index in [0.29, 0.717) is 6.54 Å². The topological polar surface area (TPSA) is 70.1 Å². The van der Waals surface area contributed by atoms with E-state index in [-0.39, 0.29) is 42.2 Å². The van der Waals surface area contributed by atoms with Crippen molar-refractivity contribution >= 4 is 10.0 Å². The molecule has 2 rings (SSSR count). The summed E-state index contributed by atoms with van der Waals surface area (Å²) in [4.78, 5) is 1.96. The van der Waals surface area contributed by atoms with Crippen LogP contribution in [0.15, 0.2) is 47.4 Å². The first-order valence-electron chi connectivity index (χ1n) is 10.8. The molecule has 2 aromatic rings. The molecule has 184 valence electrons. The van der Waals surface area contributed by atoms with Crippen LogP contribution >= 0.6 is 0 Å². The molecule has 0 radical (unpaired) electrons. The number of aryl methyl sites for hydroxylation is 1.